The summed E-state index contributed by atoms with van der Waals surface area (Å²) in [6.07, 6.45) is 0. The second-order valence-electron chi connectivity index (χ2n) is 4.43. The lowest BCUT2D eigenvalue weighted by molar-refractivity contribution is 0.697. The van der Waals surface area contributed by atoms with Gasteiger partial charge < -0.3 is 11.1 Å². The molecule has 1 aliphatic heterocycles. The summed E-state index contributed by atoms with van der Waals surface area (Å²) < 4.78 is 2.02. The lowest BCUT2D eigenvalue weighted by atomic mass is 10.2. The van der Waals surface area contributed by atoms with E-state index in [0.717, 1.165) is 24.5 Å². The van der Waals surface area contributed by atoms with E-state index in [1.165, 1.54) is 16.8 Å². The molecule has 88 valence electrons. The topological polar surface area (TPSA) is 55.9 Å². The highest BCUT2D eigenvalue weighted by Crippen LogP contribution is 2.23. The number of rotatable bonds is 2. The standard InChI is InChI=1S/C13H16N4/c1-9-3-2-4-10(5-9)17-13-8-15-7-11(13)12(6-14)16-17/h2-5,15H,6-8,14H2,1H3. The summed E-state index contributed by atoms with van der Waals surface area (Å²) in [6.45, 7) is 4.35. The highest BCUT2D eigenvalue weighted by molar-refractivity contribution is 5.41. The third kappa shape index (κ3) is 1.66. The molecule has 0 aliphatic carbocycles. The van der Waals surface area contributed by atoms with E-state index in [4.69, 9.17) is 5.73 Å². The van der Waals surface area contributed by atoms with Gasteiger partial charge in [-0.1, -0.05) is 12.1 Å². The van der Waals surface area contributed by atoms with Gasteiger partial charge in [0.15, 0.2) is 0 Å². The number of aromatic nitrogens is 2. The van der Waals surface area contributed by atoms with Crippen LogP contribution in [0.5, 0.6) is 0 Å². The number of hydrogen-bond donors (Lipinski definition) is 2. The van der Waals surface area contributed by atoms with Gasteiger partial charge in [0.1, 0.15) is 0 Å². The van der Waals surface area contributed by atoms with Crippen LogP contribution in [0.15, 0.2) is 24.3 Å². The first kappa shape index (κ1) is 10.5. The summed E-state index contributed by atoms with van der Waals surface area (Å²) in [5.74, 6) is 0. The summed E-state index contributed by atoms with van der Waals surface area (Å²) in [7, 11) is 0. The Bertz CT molecular complexity index is 557. The molecule has 1 aliphatic rings. The molecule has 17 heavy (non-hydrogen) atoms. The molecule has 0 amide bonds. The van der Waals surface area contributed by atoms with E-state index < -0.39 is 0 Å². The Balaban J connectivity index is 2.15. The average molecular weight is 228 g/mol. The third-order valence-corrected chi connectivity index (χ3v) is 3.21. The van der Waals surface area contributed by atoms with Gasteiger partial charge in [-0.3, -0.25) is 0 Å². The Morgan fingerprint density at radius 1 is 1.41 bits per heavy atom. The second kappa shape index (κ2) is 3.98. The number of aryl methyl sites for hydroxylation is 1. The van der Waals surface area contributed by atoms with Gasteiger partial charge in [-0.15, -0.1) is 0 Å². The van der Waals surface area contributed by atoms with E-state index in [2.05, 4.69) is 41.6 Å². The maximum absolute atomic E-state index is 5.74. The Morgan fingerprint density at radius 3 is 3.06 bits per heavy atom. The number of nitrogens with zero attached hydrogens (tertiary/aromatic N) is 2. The fraction of sp³-hybridized carbons (Fsp3) is 0.308. The van der Waals surface area contributed by atoms with E-state index in [1.54, 1.807) is 0 Å². The zero-order chi connectivity index (χ0) is 11.8. The van der Waals surface area contributed by atoms with Gasteiger partial charge in [0.05, 0.1) is 17.1 Å². The molecular formula is C13H16N4. The second-order valence-corrected chi connectivity index (χ2v) is 4.43. The lowest BCUT2D eigenvalue weighted by Crippen LogP contribution is -2.10. The molecule has 4 heteroatoms. The van der Waals surface area contributed by atoms with Crippen LogP contribution in [-0.4, -0.2) is 9.78 Å². The van der Waals surface area contributed by atoms with Crippen LogP contribution in [0.4, 0.5) is 0 Å². The van der Waals surface area contributed by atoms with Crippen molar-refractivity contribution in [2.75, 3.05) is 0 Å². The van der Waals surface area contributed by atoms with E-state index in [0.29, 0.717) is 6.54 Å². The minimum Gasteiger partial charge on any atom is -0.325 e. The summed E-state index contributed by atoms with van der Waals surface area (Å²) in [6, 6.07) is 8.38. The molecular weight excluding hydrogens is 212 g/mol. The average Bonchev–Trinajstić information content (AvgIpc) is 2.89. The molecule has 4 nitrogen and oxygen atoms in total. The maximum atomic E-state index is 5.74. The summed E-state index contributed by atoms with van der Waals surface area (Å²) in [4.78, 5) is 0. The summed E-state index contributed by atoms with van der Waals surface area (Å²) in [5, 5.41) is 7.96. The summed E-state index contributed by atoms with van der Waals surface area (Å²) in [5.41, 5.74) is 11.6. The van der Waals surface area contributed by atoms with Crippen LogP contribution in [0.1, 0.15) is 22.5 Å². The molecule has 0 atom stereocenters. The maximum Gasteiger partial charge on any atom is 0.0813 e. The van der Waals surface area contributed by atoms with Crippen LogP contribution in [0.3, 0.4) is 0 Å². The van der Waals surface area contributed by atoms with Gasteiger partial charge in [0.2, 0.25) is 0 Å². The number of hydrogen-bond acceptors (Lipinski definition) is 3. The first-order valence-corrected chi connectivity index (χ1v) is 5.87. The smallest absolute Gasteiger partial charge is 0.0813 e. The van der Waals surface area contributed by atoms with Gasteiger partial charge in [-0.05, 0) is 24.6 Å². The van der Waals surface area contributed by atoms with Crippen molar-refractivity contribution >= 4 is 0 Å². The Morgan fingerprint density at radius 2 is 2.29 bits per heavy atom. The van der Waals surface area contributed by atoms with E-state index in [9.17, 15) is 0 Å². The fourth-order valence-corrected chi connectivity index (χ4v) is 2.36. The van der Waals surface area contributed by atoms with Crippen molar-refractivity contribution in [3.05, 3.63) is 46.8 Å². The van der Waals surface area contributed by atoms with E-state index in [1.807, 2.05) is 4.68 Å². The van der Waals surface area contributed by atoms with Crippen LogP contribution < -0.4 is 11.1 Å². The zero-order valence-corrected chi connectivity index (χ0v) is 9.90. The molecule has 0 spiro atoms. The van der Waals surface area contributed by atoms with Crippen LogP contribution in [0.2, 0.25) is 0 Å². The SMILES string of the molecule is Cc1cccc(-n2nc(CN)c3c2CNC3)c1. The molecule has 1 aromatic carbocycles. The van der Waals surface area contributed by atoms with Crippen LogP contribution >= 0.6 is 0 Å². The van der Waals surface area contributed by atoms with E-state index in [-0.39, 0.29) is 0 Å². The van der Waals surface area contributed by atoms with Crippen LogP contribution in [0.25, 0.3) is 5.69 Å². The van der Waals surface area contributed by atoms with Crippen molar-refractivity contribution in [3.8, 4) is 5.69 Å². The highest BCUT2D eigenvalue weighted by Gasteiger charge is 2.21. The monoisotopic (exact) mass is 228 g/mol. The van der Waals surface area contributed by atoms with Crippen LogP contribution in [-0.2, 0) is 19.6 Å². The van der Waals surface area contributed by atoms with Crippen molar-refractivity contribution in [2.24, 2.45) is 5.73 Å². The molecule has 3 rings (SSSR count). The fourth-order valence-electron chi connectivity index (χ4n) is 2.36. The van der Waals surface area contributed by atoms with Crippen LogP contribution in [0, 0.1) is 6.92 Å². The predicted octanol–water partition coefficient (Wildman–Crippen LogP) is 1.24. The largest absolute Gasteiger partial charge is 0.325 e. The predicted molar refractivity (Wildman–Crippen MR) is 66.7 cm³/mol. The van der Waals surface area contributed by atoms with Gasteiger partial charge in [0.25, 0.3) is 0 Å². The van der Waals surface area contributed by atoms with Gasteiger partial charge in [-0.2, -0.15) is 5.10 Å². The van der Waals surface area contributed by atoms with Gasteiger partial charge in [0, 0.05) is 25.2 Å². The molecule has 3 N–H and O–H groups in total. The molecule has 0 radical (unpaired) electrons. The van der Waals surface area contributed by atoms with Crippen molar-refractivity contribution in [3.63, 3.8) is 0 Å². The number of nitrogens with one attached hydrogen (secondary N) is 1. The Hall–Kier alpha value is -1.65. The van der Waals surface area contributed by atoms with Gasteiger partial charge in [-0.25, -0.2) is 4.68 Å². The van der Waals surface area contributed by atoms with Gasteiger partial charge >= 0.3 is 0 Å². The highest BCUT2D eigenvalue weighted by atomic mass is 15.3. The molecule has 1 aromatic heterocycles. The quantitative estimate of drug-likeness (QED) is 0.813. The Labute approximate surface area is 100 Å². The molecule has 0 saturated heterocycles. The minimum atomic E-state index is 0.503. The lowest BCUT2D eigenvalue weighted by Gasteiger charge is -2.06. The third-order valence-electron chi connectivity index (χ3n) is 3.21. The van der Waals surface area contributed by atoms with Crippen molar-refractivity contribution in [2.45, 2.75) is 26.6 Å². The minimum absolute atomic E-state index is 0.503. The zero-order valence-electron chi connectivity index (χ0n) is 9.90. The molecule has 0 fully saturated rings. The van der Waals surface area contributed by atoms with Crippen molar-refractivity contribution in [1.29, 1.82) is 0 Å². The normalized spacial score (nSPS) is 14.0. The first-order valence-electron chi connectivity index (χ1n) is 5.87. The number of fused-ring (bicyclic) bond motifs is 1. The molecule has 0 bridgehead atoms. The Kier molecular flexibility index (Phi) is 2.46. The number of nitrogens with two attached hydrogens (primary N) is 1. The molecule has 0 unspecified atom stereocenters. The molecule has 2 heterocycles. The number of benzene rings is 1. The van der Waals surface area contributed by atoms with Crippen molar-refractivity contribution in [1.82, 2.24) is 15.1 Å². The summed E-state index contributed by atoms with van der Waals surface area (Å²) >= 11 is 0. The molecule has 0 saturated carbocycles. The van der Waals surface area contributed by atoms with Crippen molar-refractivity contribution < 1.29 is 0 Å². The van der Waals surface area contributed by atoms with E-state index >= 15 is 0 Å². The first-order chi connectivity index (χ1) is 8.29. The molecule has 2 aromatic rings.